The van der Waals surface area contributed by atoms with E-state index < -0.39 is 79.0 Å². The Morgan fingerprint density at radius 1 is 0.837 bits per heavy atom. The van der Waals surface area contributed by atoms with E-state index in [1.807, 2.05) is 0 Å². The van der Waals surface area contributed by atoms with Crippen LogP contribution in [0.3, 0.4) is 0 Å². The third-order valence-corrected chi connectivity index (χ3v) is 10.7. The van der Waals surface area contributed by atoms with Gasteiger partial charge in [-0.2, -0.15) is 26.3 Å². The minimum absolute atomic E-state index is 0.240. The zero-order chi connectivity index (χ0) is 32.0. The van der Waals surface area contributed by atoms with E-state index in [1.54, 1.807) is 0 Å². The van der Waals surface area contributed by atoms with Crippen molar-refractivity contribution in [3.63, 3.8) is 0 Å². The number of carbonyl (C=O) groups excluding carboxylic acids is 1. The average molecular weight is 703 g/mol. The summed E-state index contributed by atoms with van der Waals surface area (Å²) in [4.78, 5) is 10.8. The number of hydrogen-bond donors (Lipinski definition) is 0. The standard InChI is InChI=1S/C28H20BrF9O4S/c29-21-14-25(13-12-24(21)39,43(40,41)19-10-8-18(30)9-11-19)16-4-6-17(7-5-16)26(27(33,34)35,28(36,37)38)42-15-20-22(31)2-1-3-23(20)32/h1-11,21H,12-15H2. The minimum atomic E-state index is -6.20. The number of ketones is 1. The van der Waals surface area contributed by atoms with Crippen molar-refractivity contribution in [2.75, 3.05) is 0 Å². The molecule has 0 N–H and O–H groups in total. The van der Waals surface area contributed by atoms with Crippen LogP contribution in [0.1, 0.15) is 36.0 Å². The number of halogens is 10. The first-order chi connectivity index (χ1) is 19.9. The van der Waals surface area contributed by atoms with Crippen molar-refractivity contribution in [2.45, 2.75) is 58.3 Å². The van der Waals surface area contributed by atoms with Gasteiger partial charge in [-0.25, -0.2) is 21.6 Å². The molecule has 4 nitrogen and oxygen atoms in total. The predicted octanol–water partition coefficient (Wildman–Crippen LogP) is 7.83. The summed E-state index contributed by atoms with van der Waals surface area (Å²) >= 11 is 3.10. The molecule has 2 unspecified atom stereocenters. The van der Waals surface area contributed by atoms with Gasteiger partial charge in [-0.3, -0.25) is 4.79 Å². The van der Waals surface area contributed by atoms with Crippen molar-refractivity contribution in [1.82, 2.24) is 0 Å². The molecule has 0 heterocycles. The molecule has 4 rings (SSSR count). The second kappa shape index (κ2) is 11.5. The third-order valence-electron chi connectivity index (χ3n) is 7.38. The molecule has 2 atom stereocenters. The summed E-state index contributed by atoms with van der Waals surface area (Å²) in [5.41, 5.74) is -8.02. The molecule has 0 amide bonds. The van der Waals surface area contributed by atoms with Gasteiger partial charge in [0.25, 0.3) is 5.60 Å². The monoisotopic (exact) mass is 702 g/mol. The first-order valence-electron chi connectivity index (χ1n) is 12.4. The molecule has 1 saturated carbocycles. The Morgan fingerprint density at radius 3 is 1.86 bits per heavy atom. The Labute approximate surface area is 247 Å². The summed E-state index contributed by atoms with van der Waals surface area (Å²) in [7, 11) is -4.52. The van der Waals surface area contributed by atoms with Crippen molar-refractivity contribution in [3.8, 4) is 0 Å². The molecule has 1 fully saturated rings. The predicted molar refractivity (Wildman–Crippen MR) is 138 cm³/mol. The third kappa shape index (κ3) is 5.70. The summed E-state index contributed by atoms with van der Waals surface area (Å²) in [6, 6.07) is 7.98. The molecule has 0 aliphatic heterocycles. The Hall–Kier alpha value is -2.91. The molecular weight excluding hydrogens is 683 g/mol. The van der Waals surface area contributed by atoms with Gasteiger partial charge in [-0.05, 0) is 54.8 Å². The molecule has 232 valence electrons. The zero-order valence-corrected chi connectivity index (χ0v) is 24.0. The molecule has 15 heteroatoms. The fraction of sp³-hybridized carbons (Fsp3) is 0.321. The lowest BCUT2D eigenvalue weighted by atomic mass is 9.81. The highest BCUT2D eigenvalue weighted by atomic mass is 79.9. The normalized spacial score (nSPS) is 20.3. The first kappa shape index (κ1) is 33.0. The fourth-order valence-corrected chi connectivity index (χ4v) is 8.23. The molecule has 0 bridgehead atoms. The van der Waals surface area contributed by atoms with E-state index in [-0.39, 0.29) is 29.1 Å². The average Bonchev–Trinajstić information content (AvgIpc) is 2.91. The Kier molecular flexibility index (Phi) is 8.86. The van der Waals surface area contributed by atoms with Gasteiger partial charge in [0.15, 0.2) is 9.84 Å². The molecule has 0 spiro atoms. The number of sulfone groups is 1. The SMILES string of the molecule is O=C1CCC(c2ccc(C(OCc3c(F)cccc3F)(C(F)(F)F)C(F)(F)F)cc2)(S(=O)(=O)c2ccc(F)cc2)CC1Br. The highest BCUT2D eigenvalue weighted by Gasteiger charge is 2.73. The van der Waals surface area contributed by atoms with Crippen LogP contribution >= 0.6 is 15.9 Å². The van der Waals surface area contributed by atoms with Crippen molar-refractivity contribution in [3.05, 3.63) is 101 Å². The van der Waals surface area contributed by atoms with E-state index >= 15 is 0 Å². The maximum absolute atomic E-state index is 14.3. The summed E-state index contributed by atoms with van der Waals surface area (Å²) in [5, 5.41) is 0. The van der Waals surface area contributed by atoms with Gasteiger partial charge in [-0.15, -0.1) is 0 Å². The Balaban J connectivity index is 1.86. The number of ether oxygens (including phenoxy) is 1. The Bertz CT molecular complexity index is 1570. The van der Waals surface area contributed by atoms with Gasteiger partial charge < -0.3 is 4.74 Å². The molecule has 3 aromatic rings. The lowest BCUT2D eigenvalue weighted by Gasteiger charge is -2.40. The second-order valence-electron chi connectivity index (χ2n) is 9.83. The Morgan fingerprint density at radius 2 is 1.37 bits per heavy atom. The summed E-state index contributed by atoms with van der Waals surface area (Å²) < 4.78 is 158. The van der Waals surface area contributed by atoms with Crippen molar-refractivity contribution < 1.29 is 57.5 Å². The number of alkyl halides is 7. The van der Waals surface area contributed by atoms with E-state index in [9.17, 15) is 52.7 Å². The zero-order valence-electron chi connectivity index (χ0n) is 21.6. The minimum Gasteiger partial charge on any atom is -0.349 e. The number of benzene rings is 3. The molecule has 43 heavy (non-hydrogen) atoms. The summed E-state index contributed by atoms with van der Waals surface area (Å²) in [6.07, 6.45) is -13.5. The van der Waals surface area contributed by atoms with Gasteiger partial charge in [0.1, 0.15) is 28.0 Å². The van der Waals surface area contributed by atoms with E-state index in [0.29, 0.717) is 24.3 Å². The van der Waals surface area contributed by atoms with Crippen LogP contribution in [0.2, 0.25) is 0 Å². The van der Waals surface area contributed by atoms with Crippen LogP contribution in [-0.2, 0) is 36.3 Å². The van der Waals surface area contributed by atoms with Crippen LogP contribution in [-0.4, -0.2) is 31.4 Å². The summed E-state index contributed by atoms with van der Waals surface area (Å²) in [6.45, 7) is -1.75. The number of carbonyl (C=O) groups is 1. The van der Waals surface area contributed by atoms with Gasteiger partial charge >= 0.3 is 12.4 Å². The van der Waals surface area contributed by atoms with E-state index in [4.69, 9.17) is 0 Å². The van der Waals surface area contributed by atoms with Crippen molar-refractivity contribution >= 4 is 31.6 Å². The van der Waals surface area contributed by atoms with Gasteiger partial charge in [0.2, 0.25) is 0 Å². The molecule has 0 radical (unpaired) electrons. The number of rotatable bonds is 7. The number of hydrogen-bond acceptors (Lipinski definition) is 4. The maximum atomic E-state index is 14.3. The topological polar surface area (TPSA) is 60.4 Å². The van der Waals surface area contributed by atoms with Crippen molar-refractivity contribution in [2.24, 2.45) is 0 Å². The maximum Gasteiger partial charge on any atom is 0.430 e. The highest BCUT2D eigenvalue weighted by molar-refractivity contribution is 9.10. The van der Waals surface area contributed by atoms with Gasteiger partial charge in [0.05, 0.1) is 16.3 Å². The van der Waals surface area contributed by atoms with Crippen LogP contribution in [0, 0.1) is 17.5 Å². The van der Waals surface area contributed by atoms with Crippen LogP contribution in [0.5, 0.6) is 0 Å². The van der Waals surface area contributed by atoms with Crippen LogP contribution in [0.15, 0.2) is 71.6 Å². The molecular formula is C28H20BrF9O4S. The molecule has 0 aromatic heterocycles. The lowest BCUT2D eigenvalue weighted by molar-refractivity contribution is -0.392. The van der Waals surface area contributed by atoms with E-state index in [0.717, 1.165) is 42.5 Å². The highest BCUT2D eigenvalue weighted by Crippen LogP contribution is 2.54. The van der Waals surface area contributed by atoms with Crippen LogP contribution < -0.4 is 0 Å². The fourth-order valence-electron chi connectivity index (χ4n) is 5.08. The van der Waals surface area contributed by atoms with E-state index in [2.05, 4.69) is 20.7 Å². The smallest absolute Gasteiger partial charge is 0.349 e. The quantitative estimate of drug-likeness (QED) is 0.143. The number of Topliss-reactive ketones (excluding diaryl/α,β-unsaturated/α-hetero) is 1. The lowest BCUT2D eigenvalue weighted by Crippen LogP contribution is -2.56. The molecule has 3 aromatic carbocycles. The largest absolute Gasteiger partial charge is 0.430 e. The van der Waals surface area contributed by atoms with Gasteiger partial charge in [-0.1, -0.05) is 46.3 Å². The summed E-state index contributed by atoms with van der Waals surface area (Å²) in [5.74, 6) is -4.00. The van der Waals surface area contributed by atoms with E-state index in [1.165, 1.54) is 0 Å². The second-order valence-corrected chi connectivity index (χ2v) is 13.2. The van der Waals surface area contributed by atoms with Gasteiger partial charge in [0, 0.05) is 17.5 Å². The first-order valence-corrected chi connectivity index (χ1v) is 14.8. The van der Waals surface area contributed by atoms with Crippen molar-refractivity contribution in [1.29, 1.82) is 0 Å². The molecule has 0 saturated heterocycles. The van der Waals surface area contributed by atoms with Crippen LogP contribution in [0.4, 0.5) is 39.5 Å². The van der Waals surface area contributed by atoms with Crippen LogP contribution in [0.25, 0.3) is 0 Å². The molecule has 1 aliphatic rings. The molecule has 1 aliphatic carbocycles.